The van der Waals surface area contributed by atoms with E-state index in [-0.39, 0.29) is 28.1 Å². The molecule has 0 spiro atoms. The van der Waals surface area contributed by atoms with Gasteiger partial charge in [0.25, 0.3) is 0 Å². The third kappa shape index (κ3) is 2.87. The molecule has 3 nitrogen and oxygen atoms in total. The number of benzene rings is 1. The molecule has 0 aliphatic rings. The summed E-state index contributed by atoms with van der Waals surface area (Å²) in [5.41, 5.74) is 0.505. The molecule has 100 valence electrons. The molecule has 2 rings (SSSR count). The summed E-state index contributed by atoms with van der Waals surface area (Å²) in [6, 6.07) is 4.02. The Bertz CT molecular complexity index is 619. The number of aromatic nitrogens is 2. The van der Waals surface area contributed by atoms with Crippen molar-refractivity contribution in [2.24, 2.45) is 0 Å². The molecular weight excluding hydrogens is 335 g/mol. The molecule has 2 aromatic rings. The first-order valence-electron chi connectivity index (χ1n) is 5.64. The highest BCUT2D eigenvalue weighted by Gasteiger charge is 2.21. The first-order chi connectivity index (χ1) is 8.90. The van der Waals surface area contributed by atoms with Gasteiger partial charge < -0.3 is 0 Å². The van der Waals surface area contributed by atoms with Crippen molar-refractivity contribution >= 4 is 33.3 Å². The van der Waals surface area contributed by atoms with Crippen LogP contribution in [0.25, 0.3) is 0 Å². The number of hydrogen-bond donors (Lipinski definition) is 0. The lowest BCUT2D eigenvalue weighted by Crippen LogP contribution is -2.14. The molecule has 1 aromatic carbocycles. The van der Waals surface area contributed by atoms with Crippen LogP contribution in [0.1, 0.15) is 35.9 Å². The minimum Gasteiger partial charge on any atom is -0.287 e. The van der Waals surface area contributed by atoms with Crippen molar-refractivity contribution in [3.63, 3.8) is 0 Å². The van der Waals surface area contributed by atoms with Crippen LogP contribution in [0.3, 0.4) is 0 Å². The molecule has 0 fully saturated rings. The molecule has 19 heavy (non-hydrogen) atoms. The Morgan fingerprint density at radius 3 is 2.68 bits per heavy atom. The Morgan fingerprint density at radius 2 is 2.11 bits per heavy atom. The van der Waals surface area contributed by atoms with E-state index in [1.807, 2.05) is 13.8 Å². The Labute approximate surface area is 123 Å². The summed E-state index contributed by atoms with van der Waals surface area (Å²) in [6.45, 7) is 3.78. The average Bonchev–Trinajstić information content (AvgIpc) is 2.69. The Balaban J connectivity index is 2.53. The van der Waals surface area contributed by atoms with Crippen LogP contribution in [0.2, 0.25) is 5.02 Å². The van der Waals surface area contributed by atoms with E-state index >= 15 is 0 Å². The van der Waals surface area contributed by atoms with Gasteiger partial charge in [-0.1, -0.05) is 27.5 Å². The lowest BCUT2D eigenvalue weighted by Gasteiger charge is -2.10. The van der Waals surface area contributed by atoms with E-state index < -0.39 is 5.82 Å². The zero-order valence-corrected chi connectivity index (χ0v) is 12.7. The summed E-state index contributed by atoms with van der Waals surface area (Å²) in [5, 5.41) is 4.33. The molecule has 0 saturated heterocycles. The summed E-state index contributed by atoms with van der Waals surface area (Å²) >= 11 is 9.17. The highest BCUT2D eigenvalue weighted by atomic mass is 79.9. The van der Waals surface area contributed by atoms with Crippen molar-refractivity contribution < 1.29 is 9.18 Å². The van der Waals surface area contributed by atoms with Gasteiger partial charge in [0.1, 0.15) is 11.5 Å². The lowest BCUT2D eigenvalue weighted by atomic mass is 10.1. The van der Waals surface area contributed by atoms with E-state index in [0.29, 0.717) is 4.47 Å². The SMILES string of the molecule is CC(C)n1ncc(Cl)c1C(=O)c1cc(F)cc(Br)c1. The van der Waals surface area contributed by atoms with Gasteiger partial charge in [-0.3, -0.25) is 9.48 Å². The van der Waals surface area contributed by atoms with Gasteiger partial charge in [0.05, 0.1) is 11.2 Å². The summed E-state index contributed by atoms with van der Waals surface area (Å²) in [7, 11) is 0. The third-order valence-corrected chi connectivity index (χ3v) is 3.31. The number of carbonyl (C=O) groups excluding carboxylic acids is 1. The van der Waals surface area contributed by atoms with Gasteiger partial charge in [0.15, 0.2) is 0 Å². The number of ketones is 1. The van der Waals surface area contributed by atoms with Crippen LogP contribution in [0, 0.1) is 5.82 Å². The number of hydrogen-bond acceptors (Lipinski definition) is 2. The monoisotopic (exact) mass is 344 g/mol. The van der Waals surface area contributed by atoms with Crippen molar-refractivity contribution in [1.29, 1.82) is 0 Å². The smallest absolute Gasteiger partial charge is 0.212 e. The fraction of sp³-hybridized carbons (Fsp3) is 0.231. The maximum Gasteiger partial charge on any atom is 0.212 e. The van der Waals surface area contributed by atoms with Crippen LogP contribution >= 0.6 is 27.5 Å². The number of carbonyl (C=O) groups is 1. The van der Waals surface area contributed by atoms with Crippen molar-refractivity contribution in [3.05, 3.63) is 51.0 Å². The van der Waals surface area contributed by atoms with Crippen LogP contribution < -0.4 is 0 Å². The minimum atomic E-state index is -0.482. The fourth-order valence-corrected chi connectivity index (χ4v) is 2.45. The van der Waals surface area contributed by atoms with E-state index in [4.69, 9.17) is 11.6 Å². The summed E-state index contributed by atoms with van der Waals surface area (Å²) in [5.74, 6) is -0.833. The predicted molar refractivity (Wildman–Crippen MR) is 75.2 cm³/mol. The molecule has 1 aromatic heterocycles. The van der Waals surface area contributed by atoms with Gasteiger partial charge in [0.2, 0.25) is 5.78 Å². The molecule has 0 radical (unpaired) electrons. The van der Waals surface area contributed by atoms with E-state index in [1.54, 1.807) is 6.07 Å². The molecule has 0 N–H and O–H groups in total. The molecule has 0 bridgehead atoms. The molecular formula is C13H11BrClFN2O. The molecule has 6 heteroatoms. The standard InChI is InChI=1S/C13H11BrClFN2O/c1-7(2)18-12(11(15)6-17-18)13(19)8-3-9(14)5-10(16)4-8/h3-7H,1-2H3. The number of rotatable bonds is 3. The van der Waals surface area contributed by atoms with Crippen LogP contribution in [-0.4, -0.2) is 15.6 Å². The van der Waals surface area contributed by atoms with E-state index in [9.17, 15) is 9.18 Å². The van der Waals surface area contributed by atoms with Gasteiger partial charge in [-0.15, -0.1) is 0 Å². The Morgan fingerprint density at radius 1 is 1.42 bits per heavy atom. The average molecular weight is 346 g/mol. The lowest BCUT2D eigenvalue weighted by molar-refractivity contribution is 0.102. The predicted octanol–water partition coefficient (Wildman–Crippen LogP) is 4.25. The van der Waals surface area contributed by atoms with Crippen LogP contribution in [-0.2, 0) is 0 Å². The van der Waals surface area contributed by atoms with Crippen LogP contribution in [0.4, 0.5) is 4.39 Å². The fourth-order valence-electron chi connectivity index (χ4n) is 1.77. The van der Waals surface area contributed by atoms with Gasteiger partial charge in [-0.05, 0) is 32.0 Å². The van der Waals surface area contributed by atoms with E-state index in [0.717, 1.165) is 0 Å². The summed E-state index contributed by atoms with van der Waals surface area (Å²) in [6.07, 6.45) is 1.42. The van der Waals surface area contributed by atoms with Gasteiger partial charge in [-0.2, -0.15) is 5.10 Å². The zero-order valence-electron chi connectivity index (χ0n) is 10.3. The second-order valence-electron chi connectivity index (χ2n) is 4.37. The highest BCUT2D eigenvalue weighted by Crippen LogP contribution is 2.24. The minimum absolute atomic E-state index is 0.0107. The van der Waals surface area contributed by atoms with Crippen LogP contribution in [0.5, 0.6) is 0 Å². The van der Waals surface area contributed by atoms with Crippen molar-refractivity contribution in [2.45, 2.75) is 19.9 Å². The zero-order chi connectivity index (χ0) is 14.2. The maximum absolute atomic E-state index is 13.4. The van der Waals surface area contributed by atoms with Crippen LogP contribution in [0.15, 0.2) is 28.9 Å². The molecule has 0 amide bonds. The third-order valence-electron chi connectivity index (χ3n) is 2.58. The van der Waals surface area contributed by atoms with E-state index in [2.05, 4.69) is 21.0 Å². The topological polar surface area (TPSA) is 34.9 Å². The van der Waals surface area contributed by atoms with Crippen molar-refractivity contribution in [2.75, 3.05) is 0 Å². The molecule has 0 aliphatic carbocycles. The Hall–Kier alpha value is -1.20. The molecule has 0 saturated carbocycles. The number of nitrogens with zero attached hydrogens (tertiary/aromatic N) is 2. The molecule has 0 aliphatic heterocycles. The number of halogens is 3. The van der Waals surface area contributed by atoms with Gasteiger partial charge >= 0.3 is 0 Å². The van der Waals surface area contributed by atoms with Crippen molar-refractivity contribution in [3.8, 4) is 0 Å². The maximum atomic E-state index is 13.4. The van der Waals surface area contributed by atoms with Gasteiger partial charge in [0, 0.05) is 16.1 Å². The normalized spacial score (nSPS) is 11.1. The van der Waals surface area contributed by atoms with Crippen molar-refractivity contribution in [1.82, 2.24) is 9.78 Å². The Kier molecular flexibility index (Phi) is 4.06. The first-order valence-corrected chi connectivity index (χ1v) is 6.81. The molecule has 1 heterocycles. The highest BCUT2D eigenvalue weighted by molar-refractivity contribution is 9.10. The second-order valence-corrected chi connectivity index (χ2v) is 5.69. The van der Waals surface area contributed by atoms with Gasteiger partial charge in [-0.25, -0.2) is 4.39 Å². The second kappa shape index (κ2) is 5.43. The quantitative estimate of drug-likeness (QED) is 0.780. The summed E-state index contributed by atoms with van der Waals surface area (Å²) < 4.78 is 15.4. The first kappa shape index (κ1) is 14.2. The molecule has 0 atom stereocenters. The van der Waals surface area contributed by atoms with E-state index in [1.165, 1.54) is 23.0 Å². The largest absolute Gasteiger partial charge is 0.287 e. The molecule has 0 unspecified atom stereocenters. The summed E-state index contributed by atoms with van der Waals surface area (Å²) in [4.78, 5) is 12.4.